The van der Waals surface area contributed by atoms with Crippen LogP contribution in [-0.4, -0.2) is 73.0 Å². The molecule has 2 aromatic rings. The number of amides is 1. The number of hydrogen-bond donors (Lipinski definition) is 0. The smallest absolute Gasteiger partial charge is 0.247 e. The van der Waals surface area contributed by atoms with Gasteiger partial charge in [0.05, 0.1) is 17.8 Å². The van der Waals surface area contributed by atoms with Gasteiger partial charge in [-0.2, -0.15) is 10.2 Å². The van der Waals surface area contributed by atoms with Crippen LogP contribution in [-0.2, 0) is 11.3 Å². The molecule has 9 heteroatoms. The molecule has 0 aliphatic carbocycles. The van der Waals surface area contributed by atoms with E-state index in [1.807, 2.05) is 16.5 Å². The first-order valence-corrected chi connectivity index (χ1v) is 8.04. The van der Waals surface area contributed by atoms with E-state index >= 15 is 0 Å². The molecule has 0 saturated carbocycles. The number of carbonyl (C=O) groups is 1. The summed E-state index contributed by atoms with van der Waals surface area (Å²) in [5.41, 5.74) is 0. The van der Waals surface area contributed by atoms with Gasteiger partial charge in [-0.1, -0.05) is 11.6 Å². The van der Waals surface area contributed by atoms with Gasteiger partial charge in [-0.25, -0.2) is 4.98 Å². The molecule has 1 aliphatic rings. The predicted molar refractivity (Wildman–Crippen MR) is 85.0 cm³/mol. The number of piperazine rings is 1. The van der Waals surface area contributed by atoms with Gasteiger partial charge in [0.15, 0.2) is 0 Å². The van der Waals surface area contributed by atoms with Gasteiger partial charge >= 0.3 is 0 Å². The Balaban J connectivity index is 1.47. The minimum atomic E-state index is -0.329. The van der Waals surface area contributed by atoms with E-state index in [1.165, 1.54) is 0 Å². The second-order valence-electron chi connectivity index (χ2n) is 5.64. The van der Waals surface area contributed by atoms with Gasteiger partial charge in [0, 0.05) is 38.9 Å². The van der Waals surface area contributed by atoms with Gasteiger partial charge in [-0.05, 0) is 6.92 Å². The van der Waals surface area contributed by atoms with Crippen molar-refractivity contribution in [3.8, 4) is 0 Å². The molecule has 0 radical (unpaired) electrons. The lowest BCUT2D eigenvalue weighted by Gasteiger charge is -2.35. The monoisotopic (exact) mass is 337 g/mol. The van der Waals surface area contributed by atoms with E-state index in [1.54, 1.807) is 29.7 Å². The van der Waals surface area contributed by atoms with Crippen molar-refractivity contribution in [2.45, 2.75) is 19.5 Å². The van der Waals surface area contributed by atoms with Crippen molar-refractivity contribution in [1.29, 1.82) is 0 Å². The average Bonchev–Trinajstić information content (AvgIpc) is 3.23. The van der Waals surface area contributed by atoms with Crippen LogP contribution in [0.4, 0.5) is 0 Å². The summed E-state index contributed by atoms with van der Waals surface area (Å²) in [5.74, 6) is 0.0840. The fourth-order valence-corrected chi connectivity index (χ4v) is 2.83. The molecule has 1 fully saturated rings. The van der Waals surface area contributed by atoms with E-state index in [0.717, 1.165) is 39.3 Å². The first-order valence-electron chi connectivity index (χ1n) is 7.66. The Morgan fingerprint density at radius 1 is 1.26 bits per heavy atom. The molecule has 0 spiro atoms. The fraction of sp³-hybridized carbons (Fsp3) is 0.571. The van der Waals surface area contributed by atoms with Gasteiger partial charge in [-0.15, -0.1) is 0 Å². The largest absolute Gasteiger partial charge is 0.338 e. The van der Waals surface area contributed by atoms with E-state index < -0.39 is 0 Å². The number of nitrogens with zero attached hydrogens (tertiary/aromatic N) is 7. The van der Waals surface area contributed by atoms with Crippen LogP contribution in [0.15, 0.2) is 25.0 Å². The van der Waals surface area contributed by atoms with E-state index in [4.69, 9.17) is 11.6 Å². The summed E-state index contributed by atoms with van der Waals surface area (Å²) in [5, 5.41) is 8.76. The molecule has 124 valence electrons. The highest BCUT2D eigenvalue weighted by Gasteiger charge is 2.26. The third-order valence-corrected chi connectivity index (χ3v) is 4.32. The highest BCUT2D eigenvalue weighted by molar-refractivity contribution is 6.30. The molecule has 0 aromatic carbocycles. The summed E-state index contributed by atoms with van der Waals surface area (Å²) in [6, 6.07) is -0.329. The molecular formula is C14H20ClN7O. The van der Waals surface area contributed by atoms with Crippen molar-refractivity contribution in [2.24, 2.45) is 0 Å². The maximum absolute atomic E-state index is 12.5. The first kappa shape index (κ1) is 15.9. The molecule has 8 nitrogen and oxygen atoms in total. The quantitative estimate of drug-likeness (QED) is 0.796. The maximum Gasteiger partial charge on any atom is 0.247 e. The Kier molecular flexibility index (Phi) is 4.92. The summed E-state index contributed by atoms with van der Waals surface area (Å²) < 4.78 is 3.43. The van der Waals surface area contributed by atoms with Gasteiger partial charge in [-0.3, -0.25) is 19.1 Å². The standard InChI is InChI=1S/C14H20ClN7O/c1-12(22-9-13(15)8-17-22)14(23)20-5-2-19(3-6-20)4-7-21-11-16-10-18-21/h8-12H,2-7H2,1H3. The van der Waals surface area contributed by atoms with Crippen LogP contribution in [0.5, 0.6) is 0 Å². The van der Waals surface area contributed by atoms with Gasteiger partial charge in [0.1, 0.15) is 18.7 Å². The molecule has 3 heterocycles. The molecule has 3 rings (SSSR count). The Morgan fingerprint density at radius 3 is 2.65 bits per heavy atom. The Bertz CT molecular complexity index is 633. The topological polar surface area (TPSA) is 72.1 Å². The van der Waals surface area contributed by atoms with Crippen molar-refractivity contribution in [2.75, 3.05) is 32.7 Å². The van der Waals surface area contributed by atoms with Crippen molar-refractivity contribution < 1.29 is 4.79 Å². The molecule has 1 saturated heterocycles. The SMILES string of the molecule is CC(C(=O)N1CCN(CCn2cncn2)CC1)n1cc(Cl)cn1. The molecule has 1 amide bonds. The average molecular weight is 338 g/mol. The number of halogens is 1. The van der Waals surface area contributed by atoms with Crippen LogP contribution >= 0.6 is 11.6 Å². The number of rotatable bonds is 5. The minimum Gasteiger partial charge on any atom is -0.338 e. The van der Waals surface area contributed by atoms with Gasteiger partial charge < -0.3 is 4.90 Å². The van der Waals surface area contributed by atoms with Crippen LogP contribution in [0, 0.1) is 0 Å². The molecule has 2 aromatic heterocycles. The molecular weight excluding hydrogens is 318 g/mol. The Labute approximate surface area is 139 Å². The minimum absolute atomic E-state index is 0.0840. The normalized spacial score (nSPS) is 17.4. The summed E-state index contributed by atoms with van der Waals surface area (Å²) in [6.45, 7) is 6.78. The molecule has 0 bridgehead atoms. The maximum atomic E-state index is 12.5. The lowest BCUT2D eigenvalue weighted by molar-refractivity contribution is -0.136. The predicted octanol–water partition coefficient (Wildman–Crippen LogP) is 0.533. The van der Waals surface area contributed by atoms with Crippen molar-refractivity contribution in [3.63, 3.8) is 0 Å². The molecule has 0 N–H and O–H groups in total. The van der Waals surface area contributed by atoms with E-state index in [0.29, 0.717) is 5.02 Å². The van der Waals surface area contributed by atoms with Crippen LogP contribution in [0.2, 0.25) is 5.02 Å². The highest BCUT2D eigenvalue weighted by Crippen LogP contribution is 2.14. The van der Waals surface area contributed by atoms with Crippen molar-refractivity contribution >= 4 is 17.5 Å². The Morgan fingerprint density at radius 2 is 2.04 bits per heavy atom. The highest BCUT2D eigenvalue weighted by atomic mass is 35.5. The second-order valence-corrected chi connectivity index (χ2v) is 6.08. The van der Waals surface area contributed by atoms with E-state index in [9.17, 15) is 4.79 Å². The van der Waals surface area contributed by atoms with Crippen molar-refractivity contribution in [3.05, 3.63) is 30.1 Å². The van der Waals surface area contributed by atoms with Crippen LogP contribution in [0.1, 0.15) is 13.0 Å². The number of hydrogen-bond acceptors (Lipinski definition) is 5. The summed E-state index contributed by atoms with van der Waals surface area (Å²) in [4.78, 5) is 20.7. The third kappa shape index (κ3) is 3.89. The first-order chi connectivity index (χ1) is 11.1. The number of carbonyl (C=O) groups excluding carboxylic acids is 1. The molecule has 23 heavy (non-hydrogen) atoms. The fourth-order valence-electron chi connectivity index (χ4n) is 2.69. The zero-order valence-corrected chi connectivity index (χ0v) is 13.8. The third-order valence-electron chi connectivity index (χ3n) is 4.12. The molecule has 1 aliphatic heterocycles. The number of aromatic nitrogens is 5. The summed E-state index contributed by atoms with van der Waals surface area (Å²) in [6.07, 6.45) is 6.49. The van der Waals surface area contributed by atoms with Crippen LogP contribution < -0.4 is 0 Å². The van der Waals surface area contributed by atoms with Crippen molar-refractivity contribution in [1.82, 2.24) is 34.3 Å². The van der Waals surface area contributed by atoms with E-state index in [-0.39, 0.29) is 11.9 Å². The van der Waals surface area contributed by atoms with Gasteiger partial charge in [0.25, 0.3) is 0 Å². The molecule has 1 atom stereocenters. The van der Waals surface area contributed by atoms with Crippen LogP contribution in [0.3, 0.4) is 0 Å². The Hall–Kier alpha value is -1.93. The van der Waals surface area contributed by atoms with E-state index in [2.05, 4.69) is 20.1 Å². The lowest BCUT2D eigenvalue weighted by Crippen LogP contribution is -2.50. The summed E-state index contributed by atoms with van der Waals surface area (Å²) in [7, 11) is 0. The zero-order chi connectivity index (χ0) is 16.2. The second kappa shape index (κ2) is 7.10. The summed E-state index contributed by atoms with van der Waals surface area (Å²) >= 11 is 5.86. The van der Waals surface area contributed by atoms with Gasteiger partial charge in [0.2, 0.25) is 5.91 Å². The lowest BCUT2D eigenvalue weighted by atomic mass is 10.2. The molecule has 1 unspecified atom stereocenters. The zero-order valence-electron chi connectivity index (χ0n) is 13.0. The van der Waals surface area contributed by atoms with Crippen LogP contribution in [0.25, 0.3) is 0 Å².